The van der Waals surface area contributed by atoms with Crippen molar-refractivity contribution in [3.05, 3.63) is 29.8 Å². The molecule has 0 aliphatic carbocycles. The molecule has 0 spiro atoms. The molecule has 2 atom stereocenters. The van der Waals surface area contributed by atoms with Crippen molar-refractivity contribution in [2.24, 2.45) is 0 Å². The summed E-state index contributed by atoms with van der Waals surface area (Å²) in [5, 5.41) is 0. The van der Waals surface area contributed by atoms with Crippen LogP contribution in [-0.4, -0.2) is 29.3 Å². The van der Waals surface area contributed by atoms with E-state index in [4.69, 9.17) is 10.5 Å². The molecule has 2 rings (SSSR count). The Kier molecular flexibility index (Phi) is 3.88. The summed E-state index contributed by atoms with van der Waals surface area (Å²) in [5.74, 6) is 0. The molecule has 1 heterocycles. The molecule has 4 nitrogen and oxygen atoms in total. The number of para-hydroxylation sites is 1. The normalized spacial score (nSPS) is 22.9. The number of anilines is 1. The summed E-state index contributed by atoms with van der Waals surface area (Å²) in [4.78, 5) is 13.6. The molecule has 2 unspecified atom stereocenters. The number of carbonyl (C=O) groups excluding carboxylic acids is 1. The molecule has 1 saturated heterocycles. The van der Waals surface area contributed by atoms with Crippen LogP contribution < -0.4 is 5.73 Å². The maximum absolute atomic E-state index is 13.7. The fourth-order valence-corrected chi connectivity index (χ4v) is 2.42. The van der Waals surface area contributed by atoms with Crippen LogP contribution in [-0.2, 0) is 4.74 Å². The van der Waals surface area contributed by atoms with Gasteiger partial charge in [-0.25, -0.2) is 9.18 Å². The number of benzene rings is 1. The maximum Gasteiger partial charge on any atom is 0.410 e. The predicted octanol–water partition coefficient (Wildman–Crippen LogP) is 3.29. The molecule has 2 N–H and O–H groups in total. The van der Waals surface area contributed by atoms with Crippen LogP contribution in [0.25, 0.3) is 0 Å². The Morgan fingerprint density at radius 1 is 1.40 bits per heavy atom. The number of likely N-dealkylation sites (tertiary alicyclic amines) is 1. The van der Waals surface area contributed by atoms with Crippen LogP contribution in [0.1, 0.15) is 38.8 Å². The van der Waals surface area contributed by atoms with E-state index in [1.54, 1.807) is 26.8 Å². The fourth-order valence-electron chi connectivity index (χ4n) is 2.42. The first-order valence-electron chi connectivity index (χ1n) is 6.76. The van der Waals surface area contributed by atoms with E-state index in [9.17, 15) is 9.18 Å². The van der Waals surface area contributed by atoms with Gasteiger partial charge in [0.2, 0.25) is 0 Å². The highest BCUT2D eigenvalue weighted by Crippen LogP contribution is 2.37. The molecule has 0 aromatic heterocycles. The Hall–Kier alpha value is -1.78. The van der Waals surface area contributed by atoms with Gasteiger partial charge >= 0.3 is 6.09 Å². The molecule has 5 heteroatoms. The van der Waals surface area contributed by atoms with Crippen LogP contribution in [0.3, 0.4) is 0 Å². The van der Waals surface area contributed by atoms with Gasteiger partial charge in [-0.1, -0.05) is 18.2 Å². The topological polar surface area (TPSA) is 55.6 Å². The number of alkyl halides is 1. The van der Waals surface area contributed by atoms with Crippen LogP contribution in [0.5, 0.6) is 0 Å². The van der Waals surface area contributed by atoms with Gasteiger partial charge in [-0.15, -0.1) is 0 Å². The summed E-state index contributed by atoms with van der Waals surface area (Å²) >= 11 is 0. The Bertz CT molecular complexity index is 499. The van der Waals surface area contributed by atoms with Crippen molar-refractivity contribution >= 4 is 11.8 Å². The molecule has 0 saturated carbocycles. The van der Waals surface area contributed by atoms with Crippen LogP contribution in [0, 0.1) is 0 Å². The van der Waals surface area contributed by atoms with Gasteiger partial charge in [-0.3, -0.25) is 4.90 Å². The maximum atomic E-state index is 13.7. The van der Waals surface area contributed by atoms with E-state index in [-0.39, 0.29) is 19.0 Å². The van der Waals surface area contributed by atoms with E-state index in [1.165, 1.54) is 4.90 Å². The molecule has 1 amide bonds. The molecule has 0 bridgehead atoms. The summed E-state index contributed by atoms with van der Waals surface area (Å²) in [7, 11) is 0. The van der Waals surface area contributed by atoms with Crippen LogP contribution in [0.4, 0.5) is 14.9 Å². The average Bonchev–Trinajstić information content (AvgIpc) is 2.69. The van der Waals surface area contributed by atoms with E-state index in [0.29, 0.717) is 5.69 Å². The second-order valence-corrected chi connectivity index (χ2v) is 6.11. The van der Waals surface area contributed by atoms with E-state index in [1.807, 2.05) is 18.2 Å². The number of ether oxygens (including phenoxy) is 1. The van der Waals surface area contributed by atoms with Gasteiger partial charge in [-0.05, 0) is 32.4 Å². The minimum Gasteiger partial charge on any atom is -0.444 e. The third kappa shape index (κ3) is 3.21. The largest absolute Gasteiger partial charge is 0.444 e. The number of halogens is 1. The van der Waals surface area contributed by atoms with Crippen molar-refractivity contribution in [2.45, 2.75) is 45.0 Å². The smallest absolute Gasteiger partial charge is 0.410 e. The van der Waals surface area contributed by atoms with Crippen LogP contribution >= 0.6 is 0 Å². The molecule has 1 fully saturated rings. The predicted molar refractivity (Wildman–Crippen MR) is 76.0 cm³/mol. The first-order chi connectivity index (χ1) is 9.28. The van der Waals surface area contributed by atoms with Crippen molar-refractivity contribution < 1.29 is 13.9 Å². The number of carbonyl (C=O) groups is 1. The number of nitrogens with two attached hydrogens (primary N) is 1. The number of nitrogens with zero attached hydrogens (tertiary/aromatic N) is 1. The molecule has 1 aromatic carbocycles. The summed E-state index contributed by atoms with van der Waals surface area (Å²) in [5.41, 5.74) is 6.68. The Morgan fingerprint density at radius 3 is 2.65 bits per heavy atom. The van der Waals surface area contributed by atoms with Crippen molar-refractivity contribution in [3.8, 4) is 0 Å². The van der Waals surface area contributed by atoms with E-state index >= 15 is 0 Å². The van der Waals surface area contributed by atoms with Gasteiger partial charge in [0.25, 0.3) is 0 Å². The van der Waals surface area contributed by atoms with E-state index in [0.717, 1.165) is 5.56 Å². The molecular formula is C15H21FN2O2. The van der Waals surface area contributed by atoms with Gasteiger partial charge in [0.15, 0.2) is 0 Å². The number of hydrogen-bond donors (Lipinski definition) is 1. The standard InChI is InChI=1S/C15H21FN2O2/c1-15(2,3)20-14(19)18-9-10(16)8-13(18)11-6-4-5-7-12(11)17/h4-7,10,13H,8-9,17H2,1-3H3. The molecule has 20 heavy (non-hydrogen) atoms. The lowest BCUT2D eigenvalue weighted by molar-refractivity contribution is 0.0217. The van der Waals surface area contributed by atoms with Crippen molar-refractivity contribution in [1.29, 1.82) is 0 Å². The van der Waals surface area contributed by atoms with E-state index < -0.39 is 17.9 Å². The SMILES string of the molecule is CC(C)(C)OC(=O)N1CC(F)CC1c1ccccc1N. The average molecular weight is 280 g/mol. The minimum absolute atomic E-state index is 0.0495. The summed E-state index contributed by atoms with van der Waals surface area (Å²) < 4.78 is 19.1. The Labute approximate surface area is 118 Å². The summed E-state index contributed by atoms with van der Waals surface area (Å²) in [6.45, 7) is 5.42. The second kappa shape index (κ2) is 5.31. The van der Waals surface area contributed by atoms with E-state index in [2.05, 4.69) is 0 Å². The summed E-state index contributed by atoms with van der Waals surface area (Å²) in [6.07, 6.45) is -1.29. The molecule has 0 radical (unpaired) electrons. The highest BCUT2D eigenvalue weighted by molar-refractivity contribution is 5.70. The summed E-state index contributed by atoms with van der Waals surface area (Å²) in [6, 6.07) is 6.88. The minimum atomic E-state index is -1.05. The first kappa shape index (κ1) is 14.6. The zero-order chi connectivity index (χ0) is 14.9. The van der Waals surface area contributed by atoms with Crippen molar-refractivity contribution in [1.82, 2.24) is 4.90 Å². The van der Waals surface area contributed by atoms with Gasteiger partial charge in [0.1, 0.15) is 11.8 Å². The third-order valence-corrected chi connectivity index (χ3v) is 3.23. The zero-order valence-electron chi connectivity index (χ0n) is 12.1. The van der Waals surface area contributed by atoms with Crippen molar-refractivity contribution in [2.75, 3.05) is 12.3 Å². The molecule has 1 aliphatic heterocycles. The Morgan fingerprint density at radius 2 is 2.05 bits per heavy atom. The fraction of sp³-hybridized carbons (Fsp3) is 0.533. The van der Waals surface area contributed by atoms with Gasteiger partial charge in [-0.2, -0.15) is 0 Å². The highest BCUT2D eigenvalue weighted by atomic mass is 19.1. The number of nitrogen functional groups attached to an aromatic ring is 1. The van der Waals surface area contributed by atoms with Crippen LogP contribution in [0.2, 0.25) is 0 Å². The lowest BCUT2D eigenvalue weighted by Gasteiger charge is -2.29. The monoisotopic (exact) mass is 280 g/mol. The highest BCUT2D eigenvalue weighted by Gasteiger charge is 2.39. The first-order valence-corrected chi connectivity index (χ1v) is 6.76. The van der Waals surface area contributed by atoms with Gasteiger partial charge in [0.05, 0.1) is 12.6 Å². The molecule has 110 valence electrons. The quantitative estimate of drug-likeness (QED) is 0.803. The lowest BCUT2D eigenvalue weighted by atomic mass is 10.0. The lowest BCUT2D eigenvalue weighted by Crippen LogP contribution is -2.37. The number of hydrogen-bond acceptors (Lipinski definition) is 3. The van der Waals surface area contributed by atoms with Gasteiger partial charge in [0, 0.05) is 12.1 Å². The molecular weight excluding hydrogens is 259 g/mol. The van der Waals surface area contributed by atoms with Gasteiger partial charge < -0.3 is 10.5 Å². The third-order valence-electron chi connectivity index (χ3n) is 3.23. The second-order valence-electron chi connectivity index (χ2n) is 6.11. The molecule has 1 aliphatic rings. The Balaban J connectivity index is 2.23. The molecule has 1 aromatic rings. The number of rotatable bonds is 1. The van der Waals surface area contributed by atoms with Crippen molar-refractivity contribution in [3.63, 3.8) is 0 Å². The van der Waals surface area contributed by atoms with Crippen LogP contribution in [0.15, 0.2) is 24.3 Å². The number of amides is 1. The zero-order valence-corrected chi connectivity index (χ0v) is 12.1.